The fourth-order valence-corrected chi connectivity index (χ4v) is 3.42. The summed E-state index contributed by atoms with van der Waals surface area (Å²) in [7, 11) is 1.51. The highest BCUT2D eigenvalue weighted by atomic mass is 35.5. The summed E-state index contributed by atoms with van der Waals surface area (Å²) < 4.78 is 19.8. The molecule has 0 saturated heterocycles. The predicted molar refractivity (Wildman–Crippen MR) is 91.2 cm³/mol. The van der Waals surface area contributed by atoms with Crippen molar-refractivity contribution in [1.29, 1.82) is 0 Å². The number of anilines is 1. The molecule has 1 atom stereocenters. The van der Waals surface area contributed by atoms with Gasteiger partial charge >= 0.3 is 0 Å². The Hall–Kier alpha value is -2.14. The van der Waals surface area contributed by atoms with Gasteiger partial charge in [-0.2, -0.15) is 0 Å². The number of halogens is 2. The second-order valence-corrected chi connectivity index (χ2v) is 6.11. The van der Waals surface area contributed by atoms with Crippen molar-refractivity contribution in [3.05, 3.63) is 53.5 Å². The number of carbonyl (C=O) groups excluding carboxylic acids is 1. The average Bonchev–Trinajstić information content (AvgIpc) is 2.87. The largest absolute Gasteiger partial charge is 0.481 e. The Morgan fingerprint density at radius 1 is 1.25 bits per heavy atom. The number of alkyl halides is 1. The zero-order valence-electron chi connectivity index (χ0n) is 13.3. The Morgan fingerprint density at radius 3 is 2.75 bits per heavy atom. The molecule has 1 unspecified atom stereocenters. The number of benzene rings is 1. The minimum Gasteiger partial charge on any atom is -0.481 e. The zero-order valence-corrected chi connectivity index (χ0v) is 14.1. The number of pyridine rings is 1. The third kappa shape index (κ3) is 2.63. The van der Waals surface area contributed by atoms with Crippen LogP contribution < -0.4 is 10.1 Å². The van der Waals surface area contributed by atoms with Crippen molar-refractivity contribution in [1.82, 2.24) is 4.98 Å². The van der Waals surface area contributed by atoms with Crippen molar-refractivity contribution in [2.45, 2.75) is 24.7 Å². The number of amides is 1. The van der Waals surface area contributed by atoms with Crippen molar-refractivity contribution in [3.8, 4) is 5.88 Å². The van der Waals surface area contributed by atoms with Crippen LogP contribution in [0, 0.1) is 5.82 Å². The monoisotopic (exact) mass is 348 g/mol. The summed E-state index contributed by atoms with van der Waals surface area (Å²) in [5, 5.41) is 2.84. The van der Waals surface area contributed by atoms with Crippen LogP contribution in [-0.2, 0) is 10.2 Å². The van der Waals surface area contributed by atoms with E-state index in [1.165, 1.54) is 13.2 Å². The first kappa shape index (κ1) is 16.7. The maximum atomic E-state index is 14.6. The summed E-state index contributed by atoms with van der Waals surface area (Å²) in [5.74, 6) is 0.199. The van der Waals surface area contributed by atoms with Crippen molar-refractivity contribution in [2.75, 3.05) is 18.3 Å². The average molecular weight is 349 g/mol. The smallest absolute Gasteiger partial charge is 0.241 e. The number of nitrogens with zero attached hydrogens (tertiary/aromatic N) is 1. The molecule has 0 fully saturated rings. The normalized spacial score (nSPS) is 19.0. The number of carbonyl (C=O) groups is 1. The Kier molecular flexibility index (Phi) is 4.71. The molecule has 0 aliphatic carbocycles. The van der Waals surface area contributed by atoms with Gasteiger partial charge in [-0.25, -0.2) is 9.37 Å². The van der Waals surface area contributed by atoms with E-state index < -0.39 is 11.2 Å². The highest BCUT2D eigenvalue weighted by Gasteiger charge is 2.50. The van der Waals surface area contributed by atoms with E-state index in [0.29, 0.717) is 41.5 Å². The lowest BCUT2D eigenvalue weighted by Gasteiger charge is -2.27. The van der Waals surface area contributed by atoms with Gasteiger partial charge in [0.2, 0.25) is 11.8 Å². The van der Waals surface area contributed by atoms with E-state index in [1.807, 2.05) is 0 Å². The topological polar surface area (TPSA) is 51.2 Å². The summed E-state index contributed by atoms with van der Waals surface area (Å²) in [5.41, 5.74) is 0.263. The molecule has 6 heteroatoms. The first-order valence-electron chi connectivity index (χ1n) is 7.81. The third-order valence-corrected chi connectivity index (χ3v) is 4.66. The number of hydrogen-bond acceptors (Lipinski definition) is 3. The first-order valence-corrected chi connectivity index (χ1v) is 8.35. The van der Waals surface area contributed by atoms with Gasteiger partial charge in [-0.05, 0) is 25.0 Å². The number of hydrogen-bond donors (Lipinski definition) is 1. The number of nitrogens with one attached hydrogen (secondary N) is 1. The maximum Gasteiger partial charge on any atom is 0.241 e. The van der Waals surface area contributed by atoms with Crippen molar-refractivity contribution in [3.63, 3.8) is 0 Å². The van der Waals surface area contributed by atoms with Crippen molar-refractivity contribution < 1.29 is 13.9 Å². The van der Waals surface area contributed by atoms with Gasteiger partial charge < -0.3 is 10.1 Å². The van der Waals surface area contributed by atoms with Gasteiger partial charge in [-0.1, -0.05) is 24.6 Å². The van der Waals surface area contributed by atoms with Gasteiger partial charge in [0.25, 0.3) is 0 Å². The highest BCUT2D eigenvalue weighted by Crippen LogP contribution is 2.46. The summed E-state index contributed by atoms with van der Waals surface area (Å²) in [6.07, 6.45) is 1.85. The molecule has 1 amide bonds. The maximum absolute atomic E-state index is 14.6. The number of rotatable bonds is 6. The fourth-order valence-electron chi connectivity index (χ4n) is 3.23. The first-order chi connectivity index (χ1) is 11.6. The lowest BCUT2D eigenvalue weighted by atomic mass is 9.74. The second kappa shape index (κ2) is 6.77. The second-order valence-electron chi connectivity index (χ2n) is 5.74. The molecule has 0 spiro atoms. The number of ether oxygens (including phenoxy) is 1. The van der Waals surface area contributed by atoms with Gasteiger partial charge in [0, 0.05) is 17.5 Å². The Balaban J connectivity index is 2.19. The predicted octanol–water partition coefficient (Wildman–Crippen LogP) is 3.88. The Morgan fingerprint density at radius 2 is 2.04 bits per heavy atom. The van der Waals surface area contributed by atoms with Gasteiger partial charge in [-0.15, -0.1) is 11.6 Å². The number of unbranched alkanes of at least 4 members (excludes halogenated alkanes) is 1. The molecule has 3 rings (SSSR count). The lowest BCUT2D eigenvalue weighted by molar-refractivity contribution is -0.119. The molecule has 4 nitrogen and oxygen atoms in total. The highest BCUT2D eigenvalue weighted by molar-refractivity contribution is 6.17. The summed E-state index contributed by atoms with van der Waals surface area (Å²) in [4.78, 5) is 17.4. The fraction of sp³-hybridized carbons (Fsp3) is 0.333. The van der Waals surface area contributed by atoms with E-state index in [-0.39, 0.29) is 5.91 Å². The summed E-state index contributed by atoms with van der Waals surface area (Å²) in [6.45, 7) is 0. The number of fused-ring (bicyclic) bond motifs is 1. The molecule has 0 bridgehead atoms. The van der Waals surface area contributed by atoms with Crippen LogP contribution in [0.25, 0.3) is 0 Å². The molecule has 0 radical (unpaired) electrons. The van der Waals surface area contributed by atoms with Crippen LogP contribution in [0.3, 0.4) is 0 Å². The van der Waals surface area contributed by atoms with E-state index in [1.54, 1.807) is 30.3 Å². The quantitative estimate of drug-likeness (QED) is 0.636. The molecular weight excluding hydrogens is 331 g/mol. The van der Waals surface area contributed by atoms with Crippen LogP contribution in [0.2, 0.25) is 0 Å². The van der Waals surface area contributed by atoms with Gasteiger partial charge in [0.1, 0.15) is 11.2 Å². The molecule has 126 valence electrons. The molecule has 1 aromatic heterocycles. The molecule has 2 heterocycles. The van der Waals surface area contributed by atoms with Crippen LogP contribution in [0.1, 0.15) is 30.5 Å². The van der Waals surface area contributed by atoms with Crippen LogP contribution in [0.15, 0.2) is 36.4 Å². The van der Waals surface area contributed by atoms with E-state index in [0.717, 1.165) is 6.42 Å². The van der Waals surface area contributed by atoms with E-state index in [4.69, 9.17) is 16.3 Å². The van der Waals surface area contributed by atoms with Gasteiger partial charge in [-0.3, -0.25) is 4.79 Å². The summed E-state index contributed by atoms with van der Waals surface area (Å²) >= 11 is 5.78. The van der Waals surface area contributed by atoms with Crippen LogP contribution in [0.4, 0.5) is 10.1 Å². The molecule has 0 saturated carbocycles. The summed E-state index contributed by atoms with van der Waals surface area (Å²) in [6, 6.07) is 9.76. The van der Waals surface area contributed by atoms with Crippen LogP contribution in [-0.4, -0.2) is 23.9 Å². The molecule has 1 aromatic carbocycles. The van der Waals surface area contributed by atoms with Gasteiger partial charge in [0.15, 0.2) is 0 Å². The minimum absolute atomic E-state index is 0.266. The Labute approximate surface area is 145 Å². The van der Waals surface area contributed by atoms with Gasteiger partial charge in [0.05, 0.1) is 18.5 Å². The minimum atomic E-state index is -1.17. The molecule has 2 aromatic rings. The Bertz CT molecular complexity index is 768. The van der Waals surface area contributed by atoms with E-state index >= 15 is 0 Å². The molecule has 1 aliphatic heterocycles. The van der Waals surface area contributed by atoms with E-state index in [9.17, 15) is 9.18 Å². The molecule has 1 aliphatic rings. The molecule has 24 heavy (non-hydrogen) atoms. The SMILES string of the molecule is COc1ccc2c(n1)C(CCCCCl)(c1ccccc1F)C(=O)N2. The standard InChI is InChI=1S/C18H18ClFN2O2/c1-24-15-9-8-14-16(22-15)18(17(23)21-14,10-4-5-11-19)12-6-2-3-7-13(12)20/h2-3,6-9H,4-5,10-11H2,1H3,(H,21,23). The number of aromatic nitrogens is 1. The van der Waals surface area contributed by atoms with Crippen LogP contribution >= 0.6 is 11.6 Å². The molecular formula is C18H18ClFN2O2. The lowest BCUT2D eigenvalue weighted by Crippen LogP contribution is -2.37. The zero-order chi connectivity index (χ0) is 17.2. The van der Waals surface area contributed by atoms with Crippen molar-refractivity contribution in [2.24, 2.45) is 0 Å². The third-order valence-electron chi connectivity index (χ3n) is 4.39. The van der Waals surface area contributed by atoms with Crippen LogP contribution in [0.5, 0.6) is 5.88 Å². The number of methoxy groups -OCH3 is 1. The van der Waals surface area contributed by atoms with Crippen molar-refractivity contribution >= 4 is 23.2 Å². The molecule has 1 N–H and O–H groups in total. The van der Waals surface area contributed by atoms with E-state index in [2.05, 4.69) is 10.3 Å².